The first kappa shape index (κ1) is 17.5. The molecule has 21 heavy (non-hydrogen) atoms. The van der Waals surface area contributed by atoms with E-state index in [1.807, 2.05) is 0 Å². The molecule has 8 heteroatoms. The summed E-state index contributed by atoms with van der Waals surface area (Å²) in [7, 11) is 2.92. The van der Waals surface area contributed by atoms with E-state index in [0.29, 0.717) is 22.2 Å². The minimum absolute atomic E-state index is 0.165. The molecule has 1 rings (SSSR count). The highest BCUT2D eigenvalue weighted by atomic mass is 35.5. The number of hydrogen-bond donors (Lipinski definition) is 3. The van der Waals surface area contributed by atoms with Crippen LogP contribution in [0.4, 0.5) is 5.69 Å². The van der Waals surface area contributed by atoms with Crippen LogP contribution in [0, 0.1) is 0 Å². The minimum atomic E-state index is -0.753. The number of halogens is 1. The van der Waals surface area contributed by atoms with Gasteiger partial charge in [-0.05, 0) is 0 Å². The predicted octanol–water partition coefficient (Wildman–Crippen LogP) is 1.73. The molecule has 0 saturated carbocycles. The summed E-state index contributed by atoms with van der Waals surface area (Å²) in [6, 6.07) is 2.32. The molecule has 0 fully saturated rings. The van der Waals surface area contributed by atoms with Crippen molar-refractivity contribution < 1.29 is 19.1 Å². The highest BCUT2D eigenvalue weighted by Gasteiger charge is 2.20. The summed E-state index contributed by atoms with van der Waals surface area (Å²) in [5.74, 6) is 0.218. The second kappa shape index (κ2) is 7.99. The van der Waals surface area contributed by atoms with E-state index in [1.54, 1.807) is 6.07 Å². The van der Waals surface area contributed by atoms with Crippen LogP contribution in [0.25, 0.3) is 0 Å². The lowest BCUT2D eigenvalue weighted by Crippen LogP contribution is -2.44. The average Bonchev–Trinajstić information content (AvgIpc) is 2.45. The van der Waals surface area contributed by atoms with Crippen LogP contribution in [-0.4, -0.2) is 37.8 Å². The molecule has 2 N–H and O–H groups in total. The van der Waals surface area contributed by atoms with E-state index in [2.05, 4.69) is 23.3 Å². The Kier molecular flexibility index (Phi) is 6.64. The fraction of sp³-hybridized carbons (Fsp3) is 0.385. The first-order valence-corrected chi connectivity index (χ1v) is 7.04. The van der Waals surface area contributed by atoms with Crippen LogP contribution < -0.4 is 20.1 Å². The summed E-state index contributed by atoms with van der Waals surface area (Å²) in [6.07, 6.45) is 0. The van der Waals surface area contributed by atoms with Gasteiger partial charge < -0.3 is 20.1 Å². The maximum absolute atomic E-state index is 12.1. The molecule has 0 bridgehead atoms. The normalized spacial score (nSPS) is 11.5. The summed E-state index contributed by atoms with van der Waals surface area (Å²) in [5.41, 5.74) is 0.390. The number of nitrogens with one attached hydrogen (secondary N) is 2. The second-order valence-electron chi connectivity index (χ2n) is 4.11. The molecule has 0 aliphatic heterocycles. The average molecular weight is 333 g/mol. The van der Waals surface area contributed by atoms with E-state index >= 15 is 0 Å². The highest BCUT2D eigenvalue weighted by Crippen LogP contribution is 2.35. The van der Waals surface area contributed by atoms with Crippen molar-refractivity contribution in [2.24, 2.45) is 0 Å². The molecule has 116 valence electrons. The third kappa shape index (κ3) is 4.71. The van der Waals surface area contributed by atoms with Crippen molar-refractivity contribution in [3.05, 3.63) is 17.2 Å². The summed E-state index contributed by atoms with van der Waals surface area (Å²) in [6.45, 7) is 1.33. The zero-order chi connectivity index (χ0) is 16.0. The zero-order valence-corrected chi connectivity index (χ0v) is 13.5. The molecule has 2 amide bonds. The molecule has 0 spiro atoms. The van der Waals surface area contributed by atoms with Gasteiger partial charge in [0.2, 0.25) is 11.8 Å². The van der Waals surface area contributed by atoms with E-state index in [0.717, 1.165) is 0 Å². The van der Waals surface area contributed by atoms with Crippen LogP contribution >= 0.6 is 24.2 Å². The number of carbonyl (C=O) groups is 2. The maximum Gasteiger partial charge on any atom is 0.247 e. The van der Waals surface area contributed by atoms with E-state index < -0.39 is 11.9 Å². The second-order valence-corrected chi connectivity index (χ2v) is 4.88. The van der Waals surface area contributed by atoms with Crippen LogP contribution in [0.5, 0.6) is 11.5 Å². The predicted molar refractivity (Wildman–Crippen MR) is 84.6 cm³/mol. The SMILES string of the molecule is COc1cc(NC(=O)C(CS)NC(C)=O)c(OC)cc1Cl. The number of methoxy groups -OCH3 is 2. The largest absolute Gasteiger partial charge is 0.495 e. The molecule has 0 radical (unpaired) electrons. The van der Waals surface area contributed by atoms with Crippen LogP contribution in [0.1, 0.15) is 6.92 Å². The number of thiol groups is 1. The number of anilines is 1. The summed E-state index contributed by atoms with van der Waals surface area (Å²) in [5, 5.41) is 5.52. The van der Waals surface area contributed by atoms with Crippen molar-refractivity contribution in [3.8, 4) is 11.5 Å². The highest BCUT2D eigenvalue weighted by molar-refractivity contribution is 7.80. The van der Waals surface area contributed by atoms with Crippen molar-refractivity contribution in [1.29, 1.82) is 0 Å². The van der Waals surface area contributed by atoms with Crippen LogP contribution in [0.3, 0.4) is 0 Å². The van der Waals surface area contributed by atoms with Crippen molar-refractivity contribution in [3.63, 3.8) is 0 Å². The van der Waals surface area contributed by atoms with E-state index in [4.69, 9.17) is 21.1 Å². The van der Waals surface area contributed by atoms with Gasteiger partial charge in [0.05, 0.1) is 24.9 Å². The third-order valence-electron chi connectivity index (χ3n) is 2.61. The van der Waals surface area contributed by atoms with E-state index in [-0.39, 0.29) is 11.7 Å². The zero-order valence-electron chi connectivity index (χ0n) is 11.9. The Hall–Kier alpha value is -1.60. The van der Waals surface area contributed by atoms with Gasteiger partial charge in [-0.15, -0.1) is 0 Å². The lowest BCUT2D eigenvalue weighted by molar-refractivity contribution is -0.124. The van der Waals surface area contributed by atoms with Gasteiger partial charge in [0.25, 0.3) is 0 Å². The Labute approximate surface area is 133 Å². The molecule has 1 unspecified atom stereocenters. The molecule has 1 aromatic carbocycles. The van der Waals surface area contributed by atoms with Crippen molar-refractivity contribution in [2.75, 3.05) is 25.3 Å². The van der Waals surface area contributed by atoms with E-state index in [1.165, 1.54) is 27.2 Å². The smallest absolute Gasteiger partial charge is 0.247 e. The van der Waals surface area contributed by atoms with Crippen molar-refractivity contribution in [2.45, 2.75) is 13.0 Å². The summed E-state index contributed by atoms with van der Waals surface area (Å²) in [4.78, 5) is 23.2. The van der Waals surface area contributed by atoms with Crippen molar-refractivity contribution >= 4 is 41.7 Å². The number of hydrogen-bond acceptors (Lipinski definition) is 5. The Balaban J connectivity index is 3.00. The standard InChI is InChI=1S/C13H17ClN2O4S/c1-7(17)15-10(6-21)13(18)16-9-5-11(19-2)8(14)4-12(9)20-3/h4-5,10,21H,6H2,1-3H3,(H,15,17)(H,16,18). The number of amides is 2. The van der Waals surface area contributed by atoms with Gasteiger partial charge in [-0.1, -0.05) is 11.6 Å². The fourth-order valence-electron chi connectivity index (χ4n) is 1.62. The molecule has 0 heterocycles. The Morgan fingerprint density at radius 1 is 1.29 bits per heavy atom. The number of carbonyl (C=O) groups excluding carboxylic acids is 2. The van der Waals surface area contributed by atoms with Gasteiger partial charge in [-0.2, -0.15) is 12.6 Å². The minimum Gasteiger partial charge on any atom is -0.495 e. The number of benzene rings is 1. The lowest BCUT2D eigenvalue weighted by atomic mass is 10.2. The quantitative estimate of drug-likeness (QED) is 0.693. The molecule has 1 aromatic rings. The molecule has 0 aliphatic carbocycles. The van der Waals surface area contributed by atoms with Gasteiger partial charge in [-0.25, -0.2) is 0 Å². The lowest BCUT2D eigenvalue weighted by Gasteiger charge is -2.17. The van der Waals surface area contributed by atoms with Gasteiger partial charge >= 0.3 is 0 Å². The molecule has 0 saturated heterocycles. The van der Waals surface area contributed by atoms with Gasteiger partial charge in [0, 0.05) is 24.8 Å². The monoisotopic (exact) mass is 332 g/mol. The van der Waals surface area contributed by atoms with Crippen LogP contribution in [0.2, 0.25) is 5.02 Å². The van der Waals surface area contributed by atoms with Gasteiger partial charge in [0.15, 0.2) is 0 Å². The molecule has 0 aromatic heterocycles. The Morgan fingerprint density at radius 2 is 1.90 bits per heavy atom. The topological polar surface area (TPSA) is 76.7 Å². The number of rotatable bonds is 6. The first-order valence-electron chi connectivity index (χ1n) is 6.03. The van der Waals surface area contributed by atoms with Crippen molar-refractivity contribution in [1.82, 2.24) is 5.32 Å². The fourth-order valence-corrected chi connectivity index (χ4v) is 2.11. The third-order valence-corrected chi connectivity index (χ3v) is 3.27. The molecular weight excluding hydrogens is 316 g/mol. The van der Waals surface area contributed by atoms with E-state index in [9.17, 15) is 9.59 Å². The van der Waals surface area contributed by atoms with Crippen LogP contribution in [0.15, 0.2) is 12.1 Å². The molecular formula is C13H17ClN2O4S. The summed E-state index contributed by atoms with van der Waals surface area (Å²) < 4.78 is 10.3. The maximum atomic E-state index is 12.1. The Morgan fingerprint density at radius 3 is 2.38 bits per heavy atom. The molecule has 0 aliphatic rings. The summed E-state index contributed by atoms with van der Waals surface area (Å²) >= 11 is 10.0. The molecule has 1 atom stereocenters. The van der Waals surface area contributed by atoms with Crippen LogP contribution in [-0.2, 0) is 9.59 Å². The number of ether oxygens (including phenoxy) is 2. The van der Waals surface area contributed by atoms with Gasteiger partial charge in [0.1, 0.15) is 17.5 Å². The Bertz CT molecular complexity index is 539. The van der Waals surface area contributed by atoms with Gasteiger partial charge in [-0.3, -0.25) is 9.59 Å². The first-order chi connectivity index (χ1) is 9.92. The molecule has 6 nitrogen and oxygen atoms in total.